The summed E-state index contributed by atoms with van der Waals surface area (Å²) in [4.78, 5) is 12.0. The van der Waals surface area contributed by atoms with Gasteiger partial charge in [-0.15, -0.1) is 0 Å². The third-order valence-electron chi connectivity index (χ3n) is 7.43. The van der Waals surface area contributed by atoms with Crippen LogP contribution >= 0.6 is 0 Å². The molecule has 212 valence electrons. The highest BCUT2D eigenvalue weighted by atomic mass is 19.4. The maximum Gasteiger partial charge on any atom is 0.416 e. The number of carbonyl (C=O) groups is 1. The summed E-state index contributed by atoms with van der Waals surface area (Å²) >= 11 is 0. The van der Waals surface area contributed by atoms with Gasteiger partial charge in [-0.25, -0.2) is 0 Å². The summed E-state index contributed by atoms with van der Waals surface area (Å²) in [5.74, 6) is -0.311. The highest BCUT2D eigenvalue weighted by molar-refractivity contribution is 5.72. The van der Waals surface area contributed by atoms with E-state index >= 15 is 0 Å². The molecule has 0 aromatic heterocycles. The standard InChI is InChI=1S/C27H35F3O8/c28-27(29,30)17-6-5-7-18(12-17)34-15-19(36-24-8-1-3-10-32-24)16-35-26-20-13-23(31)37-21(20)14-22(26)38-25-9-2-4-11-33-25/h5-7,12,19-22,24-26H,1-4,8-11,13-16H2/t19?,20-,21-,22+,24?,25?,26+/m1/s1. The van der Waals surface area contributed by atoms with Crippen LogP contribution in [-0.4, -0.2) is 69.4 Å². The molecule has 0 amide bonds. The van der Waals surface area contributed by atoms with Gasteiger partial charge in [0.1, 0.15) is 24.6 Å². The van der Waals surface area contributed by atoms with Crippen LogP contribution in [0.1, 0.15) is 56.9 Å². The minimum Gasteiger partial charge on any atom is -0.491 e. The van der Waals surface area contributed by atoms with Crippen LogP contribution in [0.5, 0.6) is 5.75 Å². The molecule has 5 rings (SSSR count). The fourth-order valence-corrected chi connectivity index (χ4v) is 5.52. The molecule has 7 atom stereocenters. The van der Waals surface area contributed by atoms with Gasteiger partial charge in [0.2, 0.25) is 0 Å². The summed E-state index contributed by atoms with van der Waals surface area (Å²) in [5.41, 5.74) is -0.785. The van der Waals surface area contributed by atoms with Crippen molar-refractivity contribution in [3.63, 3.8) is 0 Å². The number of rotatable bonds is 10. The number of alkyl halides is 3. The van der Waals surface area contributed by atoms with Crippen molar-refractivity contribution in [3.8, 4) is 5.75 Å². The monoisotopic (exact) mass is 544 g/mol. The molecule has 1 saturated carbocycles. The van der Waals surface area contributed by atoms with E-state index < -0.39 is 30.2 Å². The number of hydrogen-bond acceptors (Lipinski definition) is 8. The average molecular weight is 545 g/mol. The normalized spacial score (nSPS) is 32.6. The van der Waals surface area contributed by atoms with E-state index in [0.717, 1.165) is 44.2 Å². The third-order valence-corrected chi connectivity index (χ3v) is 7.43. The van der Waals surface area contributed by atoms with Crippen LogP contribution in [0.3, 0.4) is 0 Å². The largest absolute Gasteiger partial charge is 0.491 e. The molecule has 4 aliphatic rings. The Bertz CT molecular complexity index is 916. The smallest absolute Gasteiger partial charge is 0.416 e. The van der Waals surface area contributed by atoms with E-state index in [-0.39, 0.29) is 55.8 Å². The van der Waals surface area contributed by atoms with Gasteiger partial charge in [-0.3, -0.25) is 4.79 Å². The van der Waals surface area contributed by atoms with Crippen molar-refractivity contribution in [3.05, 3.63) is 29.8 Å². The molecule has 3 heterocycles. The molecule has 8 nitrogen and oxygen atoms in total. The fourth-order valence-electron chi connectivity index (χ4n) is 5.52. The summed E-state index contributed by atoms with van der Waals surface area (Å²) < 4.78 is 80.8. The molecular formula is C27H35F3O8. The zero-order valence-corrected chi connectivity index (χ0v) is 21.2. The molecule has 11 heteroatoms. The molecule has 0 radical (unpaired) electrons. The third kappa shape index (κ3) is 7.18. The van der Waals surface area contributed by atoms with Crippen molar-refractivity contribution >= 4 is 5.97 Å². The van der Waals surface area contributed by atoms with Crippen LogP contribution in [-0.2, 0) is 39.4 Å². The molecule has 3 saturated heterocycles. The molecule has 1 aromatic rings. The summed E-state index contributed by atoms with van der Waals surface area (Å²) in [6.07, 6.45) is -0.631. The average Bonchev–Trinajstić information content (AvgIpc) is 3.42. The zero-order valence-electron chi connectivity index (χ0n) is 21.2. The van der Waals surface area contributed by atoms with Crippen molar-refractivity contribution < 1.29 is 51.1 Å². The Morgan fingerprint density at radius 2 is 1.76 bits per heavy atom. The first kappa shape index (κ1) is 27.6. The van der Waals surface area contributed by atoms with Crippen LogP contribution in [0.25, 0.3) is 0 Å². The van der Waals surface area contributed by atoms with E-state index in [4.69, 9.17) is 33.2 Å². The van der Waals surface area contributed by atoms with Crippen LogP contribution in [0.4, 0.5) is 13.2 Å². The van der Waals surface area contributed by atoms with Gasteiger partial charge in [0.05, 0.1) is 30.8 Å². The van der Waals surface area contributed by atoms with Gasteiger partial charge < -0.3 is 33.2 Å². The topological polar surface area (TPSA) is 81.7 Å². The maximum atomic E-state index is 13.1. The van der Waals surface area contributed by atoms with E-state index in [2.05, 4.69) is 0 Å². The lowest BCUT2D eigenvalue weighted by Gasteiger charge is -2.32. The van der Waals surface area contributed by atoms with Gasteiger partial charge >= 0.3 is 12.1 Å². The van der Waals surface area contributed by atoms with Gasteiger partial charge in [0.15, 0.2) is 12.6 Å². The van der Waals surface area contributed by atoms with Crippen molar-refractivity contribution in [1.29, 1.82) is 0 Å². The van der Waals surface area contributed by atoms with Crippen LogP contribution in [0, 0.1) is 5.92 Å². The molecule has 3 unspecified atom stereocenters. The molecule has 0 N–H and O–H groups in total. The minimum atomic E-state index is -4.47. The Hall–Kier alpha value is -1.92. The number of halogens is 3. The fraction of sp³-hybridized carbons (Fsp3) is 0.741. The van der Waals surface area contributed by atoms with Crippen molar-refractivity contribution in [2.45, 2.75) is 94.5 Å². The molecule has 0 spiro atoms. The molecule has 0 bridgehead atoms. The first-order chi connectivity index (χ1) is 18.3. The van der Waals surface area contributed by atoms with E-state index in [1.807, 2.05) is 0 Å². The first-order valence-electron chi connectivity index (χ1n) is 13.5. The van der Waals surface area contributed by atoms with Gasteiger partial charge in [-0.2, -0.15) is 13.2 Å². The lowest BCUT2D eigenvalue weighted by Crippen LogP contribution is -2.40. The molecule has 3 aliphatic heterocycles. The van der Waals surface area contributed by atoms with Gasteiger partial charge in [0, 0.05) is 25.6 Å². The first-order valence-corrected chi connectivity index (χ1v) is 13.5. The lowest BCUT2D eigenvalue weighted by molar-refractivity contribution is -0.226. The number of esters is 1. The van der Waals surface area contributed by atoms with Gasteiger partial charge in [0.25, 0.3) is 0 Å². The number of carbonyl (C=O) groups excluding carboxylic acids is 1. The Kier molecular flexibility index (Phi) is 9.10. The Balaban J connectivity index is 1.24. The van der Waals surface area contributed by atoms with Crippen molar-refractivity contribution in [1.82, 2.24) is 0 Å². The highest BCUT2D eigenvalue weighted by Gasteiger charge is 2.52. The van der Waals surface area contributed by atoms with Crippen molar-refractivity contribution in [2.75, 3.05) is 26.4 Å². The molecule has 4 fully saturated rings. The SMILES string of the molecule is O=C1C[C@H]2[C@H](OCC(COc3cccc(C(F)(F)F)c3)OC3CCCCO3)[C@@H](OC3CCCCO3)C[C@H]2O1. The number of benzene rings is 1. The van der Waals surface area contributed by atoms with Gasteiger partial charge in [-0.1, -0.05) is 6.07 Å². The summed E-state index contributed by atoms with van der Waals surface area (Å²) in [6.45, 7) is 1.28. The summed E-state index contributed by atoms with van der Waals surface area (Å²) in [5, 5.41) is 0. The van der Waals surface area contributed by atoms with E-state index in [1.165, 1.54) is 12.1 Å². The second-order valence-electron chi connectivity index (χ2n) is 10.3. The van der Waals surface area contributed by atoms with E-state index in [1.54, 1.807) is 0 Å². The van der Waals surface area contributed by atoms with Crippen molar-refractivity contribution in [2.24, 2.45) is 5.92 Å². The van der Waals surface area contributed by atoms with Crippen LogP contribution in [0.2, 0.25) is 0 Å². The number of ether oxygens (including phenoxy) is 7. The zero-order chi connectivity index (χ0) is 26.5. The Morgan fingerprint density at radius 1 is 1.00 bits per heavy atom. The lowest BCUT2D eigenvalue weighted by atomic mass is 10.0. The van der Waals surface area contributed by atoms with E-state index in [0.29, 0.717) is 26.1 Å². The molecule has 1 aromatic carbocycles. The second-order valence-corrected chi connectivity index (χ2v) is 10.3. The predicted octanol–water partition coefficient (Wildman–Crippen LogP) is 4.63. The molecular weight excluding hydrogens is 509 g/mol. The van der Waals surface area contributed by atoms with Crippen LogP contribution in [0.15, 0.2) is 24.3 Å². The quantitative estimate of drug-likeness (QED) is 0.395. The van der Waals surface area contributed by atoms with E-state index in [9.17, 15) is 18.0 Å². The second kappa shape index (κ2) is 12.5. The Morgan fingerprint density at radius 3 is 2.47 bits per heavy atom. The summed E-state index contributed by atoms with van der Waals surface area (Å²) in [6, 6.07) is 4.74. The van der Waals surface area contributed by atoms with Crippen LogP contribution < -0.4 is 4.74 Å². The predicted molar refractivity (Wildman–Crippen MR) is 126 cm³/mol. The van der Waals surface area contributed by atoms with Gasteiger partial charge in [-0.05, 0) is 56.7 Å². The minimum absolute atomic E-state index is 0.0331. The molecule has 1 aliphatic carbocycles. The number of fused-ring (bicyclic) bond motifs is 1. The number of hydrogen-bond donors (Lipinski definition) is 0. The highest BCUT2D eigenvalue weighted by Crippen LogP contribution is 2.41. The molecule has 38 heavy (non-hydrogen) atoms. The summed E-state index contributed by atoms with van der Waals surface area (Å²) in [7, 11) is 0. The Labute approximate surface area is 220 Å². The maximum absolute atomic E-state index is 13.1.